The maximum Gasteiger partial charge on any atom is 0.0629 e. The molecular weight excluding hydrogens is 174 g/mol. The molecule has 0 aliphatic carbocycles. The predicted molar refractivity (Wildman–Crippen MR) is 60.6 cm³/mol. The first-order chi connectivity index (χ1) is 6.20. The van der Waals surface area contributed by atoms with Crippen LogP contribution in [0.15, 0.2) is 0 Å². The van der Waals surface area contributed by atoms with Crippen LogP contribution < -0.4 is 0 Å². The number of hydrogen-bond donors (Lipinski definition) is 0. The Bertz CT molecular complexity index is 187. The molecule has 1 aliphatic rings. The summed E-state index contributed by atoms with van der Waals surface area (Å²) in [5.41, 5.74) is 0.295. The van der Waals surface area contributed by atoms with E-state index >= 15 is 0 Å². The van der Waals surface area contributed by atoms with Crippen molar-refractivity contribution >= 4 is 0 Å². The lowest BCUT2D eigenvalue weighted by Crippen LogP contribution is -2.59. The summed E-state index contributed by atoms with van der Waals surface area (Å²) in [6.45, 7) is 15.3. The van der Waals surface area contributed by atoms with E-state index in [1.54, 1.807) is 0 Å². The third kappa shape index (κ3) is 3.25. The molecule has 0 N–H and O–H groups in total. The molecule has 0 aromatic rings. The fourth-order valence-electron chi connectivity index (χ4n) is 1.84. The van der Waals surface area contributed by atoms with E-state index in [9.17, 15) is 0 Å². The molecule has 14 heavy (non-hydrogen) atoms. The minimum absolute atomic E-state index is 0.000849. The summed E-state index contributed by atoms with van der Waals surface area (Å²) in [5.74, 6) is 0. The van der Waals surface area contributed by atoms with Crippen LogP contribution in [0.2, 0.25) is 0 Å². The van der Waals surface area contributed by atoms with Crippen molar-refractivity contribution in [2.24, 2.45) is 0 Å². The van der Waals surface area contributed by atoms with Gasteiger partial charge < -0.3 is 4.74 Å². The van der Waals surface area contributed by atoms with Gasteiger partial charge in [-0.15, -0.1) is 0 Å². The lowest BCUT2D eigenvalue weighted by molar-refractivity contribution is -0.0873. The van der Waals surface area contributed by atoms with E-state index in [1.165, 1.54) is 13.0 Å². The van der Waals surface area contributed by atoms with Crippen LogP contribution in [0, 0.1) is 0 Å². The predicted octanol–water partition coefficient (Wildman–Crippen LogP) is 2.67. The van der Waals surface area contributed by atoms with Gasteiger partial charge in [0.1, 0.15) is 0 Å². The minimum Gasteiger partial charge on any atom is -0.374 e. The van der Waals surface area contributed by atoms with Crippen molar-refractivity contribution in [2.75, 3.05) is 13.2 Å². The van der Waals surface area contributed by atoms with E-state index in [0.29, 0.717) is 11.6 Å². The van der Waals surface area contributed by atoms with Gasteiger partial charge >= 0.3 is 0 Å². The Morgan fingerprint density at radius 3 is 2.00 bits per heavy atom. The zero-order chi connectivity index (χ0) is 11.0. The van der Waals surface area contributed by atoms with Gasteiger partial charge in [-0.25, -0.2) is 0 Å². The summed E-state index contributed by atoms with van der Waals surface area (Å²) in [6.07, 6.45) is 1.29. The molecule has 0 amide bonds. The second kappa shape index (κ2) is 3.82. The van der Waals surface area contributed by atoms with Crippen LogP contribution in [0.5, 0.6) is 0 Å². The number of nitrogens with zero attached hydrogens (tertiary/aromatic N) is 1. The molecule has 1 aliphatic heterocycles. The molecule has 1 rings (SSSR count). The van der Waals surface area contributed by atoms with E-state index in [1.807, 2.05) is 0 Å². The molecule has 0 radical (unpaired) electrons. The number of hydrogen-bond acceptors (Lipinski definition) is 2. The Morgan fingerprint density at radius 2 is 1.71 bits per heavy atom. The lowest BCUT2D eigenvalue weighted by Gasteiger charge is -2.50. The molecule has 1 atom stereocenters. The molecule has 0 spiro atoms. The molecule has 0 saturated carbocycles. The summed E-state index contributed by atoms with van der Waals surface area (Å²) in [6, 6.07) is 0.634. The van der Waals surface area contributed by atoms with Crippen LogP contribution in [0.4, 0.5) is 0 Å². The number of likely N-dealkylation sites (tertiary alicyclic amines) is 1. The highest BCUT2D eigenvalue weighted by atomic mass is 16.5. The van der Waals surface area contributed by atoms with Gasteiger partial charge in [0.15, 0.2) is 0 Å². The third-order valence-electron chi connectivity index (χ3n) is 2.71. The van der Waals surface area contributed by atoms with E-state index in [2.05, 4.69) is 46.4 Å². The van der Waals surface area contributed by atoms with Gasteiger partial charge in [0.05, 0.1) is 12.2 Å². The third-order valence-corrected chi connectivity index (χ3v) is 2.71. The second-order valence-electron chi connectivity index (χ2n) is 6.23. The normalized spacial score (nSPS) is 24.9. The minimum atomic E-state index is -0.000849. The second-order valence-corrected chi connectivity index (χ2v) is 6.23. The Kier molecular flexibility index (Phi) is 3.27. The van der Waals surface area contributed by atoms with Gasteiger partial charge in [0, 0.05) is 18.1 Å². The molecule has 0 aromatic heterocycles. The van der Waals surface area contributed by atoms with E-state index in [4.69, 9.17) is 4.74 Å². The summed E-state index contributed by atoms with van der Waals surface area (Å²) in [4.78, 5) is 2.53. The van der Waals surface area contributed by atoms with Gasteiger partial charge in [-0.1, -0.05) is 0 Å². The molecule has 0 bridgehead atoms. The highest BCUT2D eigenvalue weighted by molar-refractivity contribution is 4.91. The molecule has 1 heterocycles. The van der Waals surface area contributed by atoms with Crippen molar-refractivity contribution in [3.05, 3.63) is 0 Å². The van der Waals surface area contributed by atoms with Crippen LogP contribution in [0.3, 0.4) is 0 Å². The highest BCUT2D eigenvalue weighted by Crippen LogP contribution is 2.28. The number of rotatable bonds is 2. The van der Waals surface area contributed by atoms with Crippen molar-refractivity contribution in [2.45, 2.75) is 65.1 Å². The number of ether oxygens (including phenoxy) is 1. The first-order valence-electron chi connectivity index (χ1n) is 5.61. The Hall–Kier alpha value is -0.0800. The summed E-state index contributed by atoms with van der Waals surface area (Å²) < 4.78 is 5.82. The molecule has 1 saturated heterocycles. The van der Waals surface area contributed by atoms with Crippen LogP contribution in [-0.2, 0) is 4.74 Å². The Balaban J connectivity index is 2.34. The summed E-state index contributed by atoms with van der Waals surface area (Å²) in [7, 11) is 0. The lowest BCUT2D eigenvalue weighted by atomic mass is 9.94. The fraction of sp³-hybridized carbons (Fsp3) is 1.00. The van der Waals surface area contributed by atoms with Crippen LogP contribution >= 0.6 is 0 Å². The highest BCUT2D eigenvalue weighted by Gasteiger charge is 2.36. The van der Waals surface area contributed by atoms with Gasteiger partial charge in [-0.3, -0.25) is 4.90 Å². The average Bonchev–Trinajstić information content (AvgIpc) is 1.76. The Morgan fingerprint density at radius 1 is 1.14 bits per heavy atom. The molecule has 0 unspecified atom stereocenters. The van der Waals surface area contributed by atoms with Crippen molar-refractivity contribution in [1.82, 2.24) is 4.90 Å². The van der Waals surface area contributed by atoms with Crippen molar-refractivity contribution in [1.29, 1.82) is 0 Å². The monoisotopic (exact) mass is 199 g/mol. The summed E-state index contributed by atoms with van der Waals surface area (Å²) in [5, 5.41) is 0. The SMILES string of the molecule is CC(C)(C)OC[C@@H]1CCN1C(C)(C)C. The molecule has 84 valence electrons. The molecule has 2 heteroatoms. The van der Waals surface area contributed by atoms with Gasteiger partial charge in [-0.05, 0) is 48.0 Å². The summed E-state index contributed by atoms with van der Waals surface area (Å²) >= 11 is 0. The first kappa shape index (κ1) is 12.0. The largest absolute Gasteiger partial charge is 0.374 e. The quantitative estimate of drug-likeness (QED) is 0.678. The molecule has 1 fully saturated rings. The maximum absolute atomic E-state index is 5.82. The van der Waals surface area contributed by atoms with E-state index in [-0.39, 0.29) is 5.60 Å². The fourth-order valence-corrected chi connectivity index (χ4v) is 1.84. The van der Waals surface area contributed by atoms with Crippen molar-refractivity contribution in [3.63, 3.8) is 0 Å². The smallest absolute Gasteiger partial charge is 0.0629 e. The van der Waals surface area contributed by atoms with E-state index in [0.717, 1.165) is 6.61 Å². The van der Waals surface area contributed by atoms with Gasteiger partial charge in [0.2, 0.25) is 0 Å². The van der Waals surface area contributed by atoms with E-state index < -0.39 is 0 Å². The molecular formula is C12H25NO. The van der Waals surface area contributed by atoms with Crippen molar-refractivity contribution < 1.29 is 4.74 Å². The van der Waals surface area contributed by atoms with Gasteiger partial charge in [-0.2, -0.15) is 0 Å². The molecule has 0 aromatic carbocycles. The van der Waals surface area contributed by atoms with Crippen LogP contribution in [0.25, 0.3) is 0 Å². The van der Waals surface area contributed by atoms with Crippen LogP contribution in [0.1, 0.15) is 48.0 Å². The van der Waals surface area contributed by atoms with Crippen LogP contribution in [-0.4, -0.2) is 35.2 Å². The maximum atomic E-state index is 5.82. The molecule has 2 nitrogen and oxygen atoms in total. The standard InChI is InChI=1S/C12H25NO/c1-11(2,3)13-8-7-10(13)9-14-12(4,5)6/h10H,7-9H2,1-6H3/t10-/m0/s1. The van der Waals surface area contributed by atoms with Crippen molar-refractivity contribution in [3.8, 4) is 0 Å². The topological polar surface area (TPSA) is 12.5 Å². The Labute approximate surface area is 88.6 Å². The van der Waals surface area contributed by atoms with Gasteiger partial charge in [0.25, 0.3) is 0 Å². The average molecular weight is 199 g/mol. The first-order valence-corrected chi connectivity index (χ1v) is 5.61. The zero-order valence-corrected chi connectivity index (χ0v) is 10.6. The zero-order valence-electron chi connectivity index (χ0n) is 10.6.